The highest BCUT2D eigenvalue weighted by molar-refractivity contribution is 7.98. The Morgan fingerprint density at radius 3 is 2.81 bits per heavy atom. The first-order valence-corrected chi connectivity index (χ1v) is 7.05. The molecule has 0 aromatic rings. The number of carboxylic acids is 1. The number of rotatable bonds is 6. The molecule has 4 nitrogen and oxygen atoms in total. The van der Waals surface area contributed by atoms with Crippen LogP contribution in [-0.4, -0.2) is 35.0 Å². The number of hydrogen-bond donors (Lipinski definition) is 2. The summed E-state index contributed by atoms with van der Waals surface area (Å²) in [5, 5.41) is 11.8. The average Bonchev–Trinajstić information content (AvgIpc) is 2.66. The third-order valence-electron chi connectivity index (χ3n) is 2.93. The van der Waals surface area contributed by atoms with Crippen molar-refractivity contribution in [1.82, 2.24) is 5.32 Å². The van der Waals surface area contributed by atoms with Crippen LogP contribution in [0.25, 0.3) is 0 Å². The summed E-state index contributed by atoms with van der Waals surface area (Å²) in [4.78, 5) is 22.4. The van der Waals surface area contributed by atoms with Crippen molar-refractivity contribution in [3.63, 3.8) is 0 Å². The van der Waals surface area contributed by atoms with Crippen molar-refractivity contribution in [1.29, 1.82) is 0 Å². The van der Waals surface area contributed by atoms with Gasteiger partial charge in [0, 0.05) is 12.5 Å². The Bertz CT molecular complexity index is 258. The molecule has 1 aliphatic carbocycles. The van der Waals surface area contributed by atoms with E-state index < -0.39 is 5.97 Å². The Morgan fingerprint density at radius 1 is 1.44 bits per heavy atom. The molecule has 0 aromatic heterocycles. The van der Waals surface area contributed by atoms with E-state index in [1.807, 2.05) is 6.26 Å². The molecule has 0 heterocycles. The van der Waals surface area contributed by atoms with E-state index in [-0.39, 0.29) is 17.9 Å². The first kappa shape index (κ1) is 13.4. The smallest absolute Gasteiger partial charge is 0.308 e. The first-order valence-electron chi connectivity index (χ1n) is 5.66. The second kappa shape index (κ2) is 6.78. The lowest BCUT2D eigenvalue weighted by molar-refractivity contribution is -0.142. The Kier molecular flexibility index (Phi) is 5.66. The van der Waals surface area contributed by atoms with Gasteiger partial charge in [0.2, 0.25) is 5.91 Å². The maximum absolute atomic E-state index is 11.5. The SMILES string of the molecule is CSCCCC(=O)N[C@@H]1CCC[C@@H]1C(=O)O. The third-order valence-corrected chi connectivity index (χ3v) is 3.63. The van der Waals surface area contributed by atoms with Gasteiger partial charge in [-0.15, -0.1) is 0 Å². The molecule has 2 N–H and O–H groups in total. The molecule has 92 valence electrons. The minimum Gasteiger partial charge on any atom is -0.481 e. The highest BCUT2D eigenvalue weighted by Crippen LogP contribution is 2.25. The van der Waals surface area contributed by atoms with Gasteiger partial charge in [0.25, 0.3) is 0 Å². The van der Waals surface area contributed by atoms with Crippen LogP contribution in [-0.2, 0) is 9.59 Å². The van der Waals surface area contributed by atoms with Gasteiger partial charge in [-0.3, -0.25) is 9.59 Å². The molecule has 0 spiro atoms. The topological polar surface area (TPSA) is 66.4 Å². The van der Waals surface area contributed by atoms with E-state index in [2.05, 4.69) is 5.32 Å². The van der Waals surface area contributed by atoms with Gasteiger partial charge in [-0.2, -0.15) is 11.8 Å². The van der Waals surface area contributed by atoms with Gasteiger partial charge in [-0.05, 0) is 31.3 Å². The summed E-state index contributed by atoms with van der Waals surface area (Å²) < 4.78 is 0. The van der Waals surface area contributed by atoms with Crippen LogP contribution < -0.4 is 5.32 Å². The number of carbonyl (C=O) groups excluding carboxylic acids is 1. The molecule has 16 heavy (non-hydrogen) atoms. The molecular weight excluding hydrogens is 226 g/mol. The first-order chi connectivity index (χ1) is 7.65. The molecule has 1 saturated carbocycles. The maximum atomic E-state index is 11.5. The molecular formula is C11H19NO3S. The van der Waals surface area contributed by atoms with Crippen molar-refractivity contribution < 1.29 is 14.7 Å². The minimum absolute atomic E-state index is 0.00722. The lowest BCUT2D eigenvalue weighted by Crippen LogP contribution is -2.40. The second-order valence-electron chi connectivity index (χ2n) is 4.15. The van der Waals surface area contributed by atoms with Crippen LogP contribution in [0.2, 0.25) is 0 Å². The van der Waals surface area contributed by atoms with Crippen LogP contribution in [0.5, 0.6) is 0 Å². The summed E-state index contributed by atoms with van der Waals surface area (Å²) >= 11 is 1.72. The van der Waals surface area contributed by atoms with E-state index in [0.717, 1.165) is 25.0 Å². The van der Waals surface area contributed by atoms with Crippen molar-refractivity contribution in [2.45, 2.75) is 38.1 Å². The molecule has 0 bridgehead atoms. The fraction of sp³-hybridized carbons (Fsp3) is 0.818. The highest BCUT2D eigenvalue weighted by Gasteiger charge is 2.33. The zero-order chi connectivity index (χ0) is 12.0. The zero-order valence-corrected chi connectivity index (χ0v) is 10.4. The standard InChI is InChI=1S/C11H19NO3S/c1-16-7-3-6-10(13)12-9-5-2-4-8(9)11(14)15/h8-9H,2-7H2,1H3,(H,12,13)(H,14,15)/t8-,9+/m0/s1. The largest absolute Gasteiger partial charge is 0.481 e. The molecule has 0 aliphatic heterocycles. The quantitative estimate of drug-likeness (QED) is 0.696. The van der Waals surface area contributed by atoms with E-state index >= 15 is 0 Å². The normalized spacial score (nSPS) is 24.3. The highest BCUT2D eigenvalue weighted by atomic mass is 32.2. The van der Waals surface area contributed by atoms with Crippen LogP contribution in [0.3, 0.4) is 0 Å². The fourth-order valence-corrected chi connectivity index (χ4v) is 2.52. The summed E-state index contributed by atoms with van der Waals surface area (Å²) in [6.45, 7) is 0. The van der Waals surface area contributed by atoms with Crippen molar-refractivity contribution >= 4 is 23.6 Å². The zero-order valence-electron chi connectivity index (χ0n) is 9.57. The monoisotopic (exact) mass is 245 g/mol. The van der Waals surface area contributed by atoms with E-state index in [1.165, 1.54) is 0 Å². The van der Waals surface area contributed by atoms with Crippen LogP contribution >= 0.6 is 11.8 Å². The Balaban J connectivity index is 2.30. The Hall–Kier alpha value is -0.710. The predicted octanol–water partition coefficient (Wildman–Crippen LogP) is 1.50. The summed E-state index contributed by atoms with van der Waals surface area (Å²) in [5.74, 6) is -0.205. The molecule has 1 rings (SSSR count). The summed E-state index contributed by atoms with van der Waals surface area (Å²) in [6, 6.07) is -0.153. The molecule has 1 fully saturated rings. The van der Waals surface area contributed by atoms with Gasteiger partial charge < -0.3 is 10.4 Å². The van der Waals surface area contributed by atoms with Crippen molar-refractivity contribution in [3.8, 4) is 0 Å². The second-order valence-corrected chi connectivity index (χ2v) is 5.13. The van der Waals surface area contributed by atoms with E-state index in [9.17, 15) is 9.59 Å². The van der Waals surface area contributed by atoms with Crippen LogP contribution in [0.1, 0.15) is 32.1 Å². The van der Waals surface area contributed by atoms with Crippen molar-refractivity contribution in [3.05, 3.63) is 0 Å². The molecule has 2 atom stereocenters. The van der Waals surface area contributed by atoms with E-state index in [0.29, 0.717) is 12.8 Å². The minimum atomic E-state index is -0.785. The molecule has 0 radical (unpaired) electrons. The number of carbonyl (C=O) groups is 2. The summed E-state index contributed by atoms with van der Waals surface area (Å²) in [7, 11) is 0. The average molecular weight is 245 g/mol. The molecule has 1 aliphatic rings. The summed E-state index contributed by atoms with van der Waals surface area (Å²) in [5.41, 5.74) is 0. The number of aliphatic carboxylic acids is 1. The Morgan fingerprint density at radius 2 is 2.19 bits per heavy atom. The molecule has 1 amide bonds. The number of nitrogens with one attached hydrogen (secondary N) is 1. The van der Waals surface area contributed by atoms with Gasteiger partial charge >= 0.3 is 5.97 Å². The van der Waals surface area contributed by atoms with Crippen LogP contribution in [0, 0.1) is 5.92 Å². The molecule has 0 aromatic carbocycles. The van der Waals surface area contributed by atoms with Crippen molar-refractivity contribution in [2.24, 2.45) is 5.92 Å². The molecule has 0 unspecified atom stereocenters. The van der Waals surface area contributed by atoms with E-state index in [4.69, 9.17) is 5.11 Å². The maximum Gasteiger partial charge on any atom is 0.308 e. The summed E-state index contributed by atoms with van der Waals surface area (Å²) in [6.07, 6.45) is 5.75. The van der Waals surface area contributed by atoms with Gasteiger partial charge in [0.05, 0.1) is 5.92 Å². The number of carboxylic acid groups (broad SMARTS) is 1. The van der Waals surface area contributed by atoms with Crippen LogP contribution in [0.4, 0.5) is 0 Å². The van der Waals surface area contributed by atoms with Gasteiger partial charge in [-0.1, -0.05) is 6.42 Å². The molecule has 0 saturated heterocycles. The molecule has 5 heteroatoms. The van der Waals surface area contributed by atoms with Gasteiger partial charge in [-0.25, -0.2) is 0 Å². The number of amides is 1. The lowest BCUT2D eigenvalue weighted by Gasteiger charge is -2.17. The van der Waals surface area contributed by atoms with Gasteiger partial charge in [0.1, 0.15) is 0 Å². The lowest BCUT2D eigenvalue weighted by atomic mass is 10.0. The predicted molar refractivity (Wildman–Crippen MR) is 64.5 cm³/mol. The van der Waals surface area contributed by atoms with Gasteiger partial charge in [0.15, 0.2) is 0 Å². The Labute approximate surface area is 100 Å². The number of hydrogen-bond acceptors (Lipinski definition) is 3. The number of thioether (sulfide) groups is 1. The van der Waals surface area contributed by atoms with E-state index in [1.54, 1.807) is 11.8 Å². The van der Waals surface area contributed by atoms with Crippen molar-refractivity contribution in [2.75, 3.05) is 12.0 Å². The van der Waals surface area contributed by atoms with Crippen LogP contribution in [0.15, 0.2) is 0 Å². The fourth-order valence-electron chi connectivity index (χ4n) is 2.08. The third kappa shape index (κ3) is 4.04.